The lowest BCUT2D eigenvalue weighted by Crippen LogP contribution is -2.01. The van der Waals surface area contributed by atoms with Crippen LogP contribution in [0.4, 0.5) is 10.7 Å². The van der Waals surface area contributed by atoms with Gasteiger partial charge in [0.1, 0.15) is 0 Å². The van der Waals surface area contributed by atoms with E-state index < -0.39 is 0 Å². The number of hydrogen-bond acceptors (Lipinski definition) is 4. The molecule has 1 aliphatic rings. The third-order valence-electron chi connectivity index (χ3n) is 3.34. The molecule has 3 N–H and O–H groups in total. The molecule has 1 aromatic carbocycles. The summed E-state index contributed by atoms with van der Waals surface area (Å²) in [6, 6.07) is 9.53. The molecule has 20 heavy (non-hydrogen) atoms. The quantitative estimate of drug-likeness (QED) is 0.814. The first kappa shape index (κ1) is 13.5. The monoisotopic (exact) mass is 306 g/mol. The van der Waals surface area contributed by atoms with Crippen LogP contribution in [0.25, 0.3) is 0 Å². The van der Waals surface area contributed by atoms with Crippen LogP contribution in [-0.4, -0.2) is 5.78 Å². The van der Waals surface area contributed by atoms with Crippen molar-refractivity contribution in [2.45, 2.75) is 19.4 Å². The molecule has 0 radical (unpaired) electrons. The first-order valence-electron chi connectivity index (χ1n) is 6.56. The van der Waals surface area contributed by atoms with Crippen LogP contribution in [0.2, 0.25) is 5.02 Å². The van der Waals surface area contributed by atoms with Crippen molar-refractivity contribution in [3.8, 4) is 0 Å². The fourth-order valence-corrected chi connectivity index (χ4v) is 3.24. The molecule has 2 aromatic rings. The molecule has 5 heteroatoms. The van der Waals surface area contributed by atoms with Crippen molar-refractivity contribution < 1.29 is 4.79 Å². The van der Waals surface area contributed by atoms with Crippen LogP contribution in [0.15, 0.2) is 30.3 Å². The van der Waals surface area contributed by atoms with Gasteiger partial charge >= 0.3 is 0 Å². The number of nitrogen functional groups attached to an aromatic ring is 1. The standard InChI is InChI=1S/C15H15ClN2OS/c16-11-4-2-1-3-10(11)8-18-13-7-12(17)15(20-13)14(19)9-5-6-9/h1-4,7,9,18H,5-6,8,17H2. The molecule has 1 heterocycles. The molecule has 3 nitrogen and oxygen atoms in total. The van der Waals surface area contributed by atoms with Crippen molar-refractivity contribution in [3.05, 3.63) is 45.8 Å². The Hall–Kier alpha value is -1.52. The molecule has 3 rings (SSSR count). The predicted octanol–water partition coefficient (Wildman–Crippen LogP) is 4.19. The highest BCUT2D eigenvalue weighted by molar-refractivity contribution is 7.18. The maximum atomic E-state index is 12.1. The highest BCUT2D eigenvalue weighted by Gasteiger charge is 2.32. The summed E-state index contributed by atoms with van der Waals surface area (Å²) in [5.74, 6) is 0.394. The number of carbonyl (C=O) groups is 1. The Bertz CT molecular complexity index is 649. The molecule has 0 spiro atoms. The normalized spacial score (nSPS) is 14.2. The summed E-state index contributed by atoms with van der Waals surface area (Å²) in [5.41, 5.74) is 7.53. The molecule has 0 amide bonds. The van der Waals surface area contributed by atoms with Crippen molar-refractivity contribution in [1.82, 2.24) is 0 Å². The second-order valence-electron chi connectivity index (χ2n) is 4.98. The summed E-state index contributed by atoms with van der Waals surface area (Å²) in [6.07, 6.45) is 2.00. The minimum absolute atomic E-state index is 0.193. The SMILES string of the molecule is Nc1cc(NCc2ccccc2Cl)sc1C(=O)C1CC1. The molecular formula is C15H15ClN2OS. The first-order valence-corrected chi connectivity index (χ1v) is 7.75. The van der Waals surface area contributed by atoms with E-state index in [0.29, 0.717) is 17.1 Å². The number of anilines is 2. The molecule has 1 aliphatic carbocycles. The van der Waals surface area contributed by atoms with Crippen molar-refractivity contribution in [3.63, 3.8) is 0 Å². The average Bonchev–Trinajstić information content (AvgIpc) is 3.21. The van der Waals surface area contributed by atoms with Gasteiger partial charge in [0.05, 0.1) is 15.6 Å². The fraction of sp³-hybridized carbons (Fsp3) is 0.267. The number of thiophene rings is 1. The minimum atomic E-state index is 0.193. The second-order valence-corrected chi connectivity index (χ2v) is 6.44. The summed E-state index contributed by atoms with van der Waals surface area (Å²) in [6.45, 7) is 0.622. The molecular weight excluding hydrogens is 292 g/mol. The highest BCUT2D eigenvalue weighted by atomic mass is 35.5. The van der Waals surface area contributed by atoms with Gasteiger partial charge in [0.2, 0.25) is 0 Å². The number of ketones is 1. The molecule has 1 aromatic heterocycles. The first-order chi connectivity index (χ1) is 9.65. The number of Topliss-reactive ketones (excluding diaryl/α,β-unsaturated/α-hetero) is 1. The van der Waals surface area contributed by atoms with E-state index in [9.17, 15) is 4.79 Å². The molecule has 1 saturated carbocycles. The molecule has 0 aliphatic heterocycles. The Labute approximate surface area is 126 Å². The van der Waals surface area contributed by atoms with Gasteiger partial charge in [-0.05, 0) is 30.5 Å². The number of halogens is 1. The van der Waals surface area contributed by atoms with Crippen molar-refractivity contribution in [2.75, 3.05) is 11.1 Å². The summed E-state index contributed by atoms with van der Waals surface area (Å²) >= 11 is 7.54. The zero-order valence-corrected chi connectivity index (χ0v) is 12.4. The van der Waals surface area contributed by atoms with Crippen LogP contribution >= 0.6 is 22.9 Å². The Balaban J connectivity index is 1.70. The lowest BCUT2D eigenvalue weighted by atomic mass is 10.2. The molecule has 0 saturated heterocycles. The van der Waals surface area contributed by atoms with Crippen molar-refractivity contribution >= 4 is 39.4 Å². The van der Waals surface area contributed by atoms with Gasteiger partial charge in [-0.3, -0.25) is 4.79 Å². The number of benzene rings is 1. The third kappa shape index (κ3) is 2.81. The summed E-state index contributed by atoms with van der Waals surface area (Å²) in [4.78, 5) is 12.7. The molecule has 1 fully saturated rings. The minimum Gasteiger partial charge on any atom is -0.397 e. The topological polar surface area (TPSA) is 55.1 Å². The van der Waals surface area contributed by atoms with Crippen molar-refractivity contribution in [2.24, 2.45) is 5.92 Å². The van der Waals surface area contributed by atoms with Gasteiger partial charge in [-0.1, -0.05) is 29.8 Å². The third-order valence-corrected chi connectivity index (χ3v) is 4.84. The Morgan fingerprint density at radius 3 is 2.85 bits per heavy atom. The molecule has 104 valence electrons. The second kappa shape index (κ2) is 5.46. The molecule has 0 bridgehead atoms. The number of nitrogens with one attached hydrogen (secondary N) is 1. The molecule has 0 atom stereocenters. The van der Waals surface area contributed by atoms with Crippen molar-refractivity contribution in [1.29, 1.82) is 0 Å². The van der Waals surface area contributed by atoms with Gasteiger partial charge in [-0.15, -0.1) is 11.3 Å². The van der Waals surface area contributed by atoms with Crippen LogP contribution in [0.1, 0.15) is 28.1 Å². The number of carbonyl (C=O) groups excluding carboxylic acids is 1. The van der Waals surface area contributed by atoms with E-state index in [1.54, 1.807) is 0 Å². The molecule has 0 unspecified atom stereocenters. The van der Waals surface area contributed by atoms with E-state index in [1.807, 2.05) is 30.3 Å². The lowest BCUT2D eigenvalue weighted by Gasteiger charge is -2.05. The average molecular weight is 307 g/mol. The zero-order valence-electron chi connectivity index (χ0n) is 10.9. The van der Waals surface area contributed by atoms with E-state index in [2.05, 4.69) is 5.32 Å². The summed E-state index contributed by atoms with van der Waals surface area (Å²) < 4.78 is 0. The van der Waals surface area contributed by atoms with E-state index in [1.165, 1.54) is 11.3 Å². The number of hydrogen-bond donors (Lipinski definition) is 2. The van der Waals surface area contributed by atoms with Gasteiger partial charge in [-0.2, -0.15) is 0 Å². The van der Waals surface area contributed by atoms with Crippen LogP contribution < -0.4 is 11.1 Å². The largest absolute Gasteiger partial charge is 0.397 e. The smallest absolute Gasteiger partial charge is 0.178 e. The number of rotatable bonds is 5. The maximum absolute atomic E-state index is 12.1. The lowest BCUT2D eigenvalue weighted by molar-refractivity contribution is 0.0972. The van der Waals surface area contributed by atoms with E-state index in [0.717, 1.165) is 28.4 Å². The van der Waals surface area contributed by atoms with Gasteiger partial charge in [0, 0.05) is 17.5 Å². The van der Waals surface area contributed by atoms with Crippen LogP contribution in [0, 0.1) is 5.92 Å². The highest BCUT2D eigenvalue weighted by Crippen LogP contribution is 2.38. The maximum Gasteiger partial charge on any atom is 0.178 e. The van der Waals surface area contributed by atoms with Gasteiger partial charge < -0.3 is 11.1 Å². The summed E-state index contributed by atoms with van der Waals surface area (Å²) in [5, 5.41) is 4.92. The Kier molecular flexibility index (Phi) is 3.68. The van der Waals surface area contributed by atoms with E-state index >= 15 is 0 Å². The summed E-state index contributed by atoms with van der Waals surface area (Å²) in [7, 11) is 0. The van der Waals surface area contributed by atoms with Gasteiger partial charge in [0.25, 0.3) is 0 Å². The van der Waals surface area contributed by atoms with E-state index in [4.69, 9.17) is 17.3 Å². The zero-order chi connectivity index (χ0) is 14.1. The van der Waals surface area contributed by atoms with Gasteiger partial charge in [0.15, 0.2) is 5.78 Å². The Morgan fingerprint density at radius 1 is 1.40 bits per heavy atom. The van der Waals surface area contributed by atoms with Crippen LogP contribution in [-0.2, 0) is 6.54 Å². The van der Waals surface area contributed by atoms with Crippen LogP contribution in [0.3, 0.4) is 0 Å². The number of nitrogens with two attached hydrogens (primary N) is 1. The Morgan fingerprint density at radius 2 is 2.15 bits per heavy atom. The predicted molar refractivity (Wildman–Crippen MR) is 84.6 cm³/mol. The van der Waals surface area contributed by atoms with Gasteiger partial charge in [-0.25, -0.2) is 0 Å². The van der Waals surface area contributed by atoms with E-state index in [-0.39, 0.29) is 11.7 Å². The van der Waals surface area contributed by atoms with Crippen LogP contribution in [0.5, 0.6) is 0 Å². The fourth-order valence-electron chi connectivity index (χ4n) is 2.04.